The molecular formula is C13H18N2O. The summed E-state index contributed by atoms with van der Waals surface area (Å²) < 4.78 is 0. The maximum atomic E-state index is 12.1. The monoisotopic (exact) mass is 218 g/mol. The maximum absolute atomic E-state index is 12.1. The van der Waals surface area contributed by atoms with Crippen LogP contribution in [0.25, 0.3) is 0 Å². The molecule has 1 aromatic rings. The molecule has 0 aromatic heterocycles. The van der Waals surface area contributed by atoms with Crippen molar-refractivity contribution >= 4 is 5.91 Å². The van der Waals surface area contributed by atoms with Crippen molar-refractivity contribution in [3.63, 3.8) is 0 Å². The molecular weight excluding hydrogens is 200 g/mol. The molecule has 1 N–H and O–H groups in total. The van der Waals surface area contributed by atoms with Gasteiger partial charge < -0.3 is 10.2 Å². The lowest BCUT2D eigenvalue weighted by Gasteiger charge is -2.16. The summed E-state index contributed by atoms with van der Waals surface area (Å²) in [6.45, 7) is 2.77. The van der Waals surface area contributed by atoms with Crippen LogP contribution in [0.4, 0.5) is 0 Å². The quantitative estimate of drug-likeness (QED) is 0.831. The van der Waals surface area contributed by atoms with E-state index in [0.717, 1.165) is 31.6 Å². The molecule has 0 saturated carbocycles. The van der Waals surface area contributed by atoms with Crippen LogP contribution in [0.15, 0.2) is 30.3 Å². The number of likely N-dealkylation sites (tertiary alicyclic amines) is 1. The molecule has 1 unspecified atom stereocenters. The van der Waals surface area contributed by atoms with Crippen molar-refractivity contribution < 1.29 is 4.79 Å². The fraction of sp³-hybridized carbons (Fsp3) is 0.462. The number of rotatable bonds is 3. The van der Waals surface area contributed by atoms with Crippen molar-refractivity contribution in [3.8, 4) is 0 Å². The van der Waals surface area contributed by atoms with Crippen LogP contribution in [0, 0.1) is 5.92 Å². The van der Waals surface area contributed by atoms with E-state index in [1.807, 2.05) is 42.3 Å². The van der Waals surface area contributed by atoms with Gasteiger partial charge in [0.15, 0.2) is 0 Å². The molecule has 3 heteroatoms. The van der Waals surface area contributed by atoms with Gasteiger partial charge in [0.05, 0.1) is 0 Å². The highest BCUT2D eigenvalue weighted by atomic mass is 16.2. The second kappa shape index (κ2) is 5.12. The number of carbonyl (C=O) groups is 1. The molecule has 0 bridgehead atoms. The van der Waals surface area contributed by atoms with Crippen molar-refractivity contribution in [1.29, 1.82) is 0 Å². The molecule has 1 fully saturated rings. The largest absolute Gasteiger partial charge is 0.338 e. The lowest BCUT2D eigenvalue weighted by atomic mass is 10.1. The minimum absolute atomic E-state index is 0.166. The fourth-order valence-electron chi connectivity index (χ4n) is 2.24. The summed E-state index contributed by atoms with van der Waals surface area (Å²) in [5.74, 6) is 0.775. The highest BCUT2D eigenvalue weighted by Crippen LogP contribution is 2.17. The van der Waals surface area contributed by atoms with Gasteiger partial charge >= 0.3 is 0 Å². The predicted octanol–water partition coefficient (Wildman–Crippen LogP) is 1.37. The van der Waals surface area contributed by atoms with Gasteiger partial charge in [0.2, 0.25) is 0 Å². The van der Waals surface area contributed by atoms with E-state index >= 15 is 0 Å². The van der Waals surface area contributed by atoms with Crippen LogP contribution in [0.1, 0.15) is 16.8 Å². The first-order valence-electron chi connectivity index (χ1n) is 5.80. The van der Waals surface area contributed by atoms with Gasteiger partial charge in [-0.25, -0.2) is 0 Å². The lowest BCUT2D eigenvalue weighted by Crippen LogP contribution is -2.30. The van der Waals surface area contributed by atoms with Crippen LogP contribution in [0.5, 0.6) is 0 Å². The summed E-state index contributed by atoms with van der Waals surface area (Å²) in [6, 6.07) is 9.52. The van der Waals surface area contributed by atoms with Crippen molar-refractivity contribution in [2.75, 3.05) is 26.7 Å². The Morgan fingerprint density at radius 2 is 2.19 bits per heavy atom. The van der Waals surface area contributed by atoms with Crippen LogP contribution in [-0.2, 0) is 0 Å². The molecule has 1 aliphatic rings. The Labute approximate surface area is 96.5 Å². The molecule has 16 heavy (non-hydrogen) atoms. The number of carbonyl (C=O) groups excluding carboxylic acids is 1. The normalized spacial score (nSPS) is 20.1. The molecule has 1 atom stereocenters. The Morgan fingerprint density at radius 1 is 1.44 bits per heavy atom. The minimum atomic E-state index is 0.166. The summed E-state index contributed by atoms with van der Waals surface area (Å²) in [6.07, 6.45) is 1.11. The van der Waals surface area contributed by atoms with Crippen molar-refractivity contribution in [2.24, 2.45) is 5.92 Å². The molecule has 0 aliphatic carbocycles. The minimum Gasteiger partial charge on any atom is -0.338 e. The van der Waals surface area contributed by atoms with E-state index in [0.29, 0.717) is 5.92 Å². The van der Waals surface area contributed by atoms with Gasteiger partial charge in [0.25, 0.3) is 5.91 Å². The highest BCUT2D eigenvalue weighted by Gasteiger charge is 2.26. The van der Waals surface area contributed by atoms with E-state index in [1.54, 1.807) is 0 Å². The number of benzene rings is 1. The number of nitrogens with zero attached hydrogens (tertiary/aromatic N) is 1. The number of amides is 1. The summed E-state index contributed by atoms with van der Waals surface area (Å²) >= 11 is 0. The van der Waals surface area contributed by atoms with Gasteiger partial charge in [-0.3, -0.25) is 4.79 Å². The molecule has 1 saturated heterocycles. The Kier molecular flexibility index (Phi) is 3.57. The predicted molar refractivity (Wildman–Crippen MR) is 64.4 cm³/mol. The van der Waals surface area contributed by atoms with E-state index in [4.69, 9.17) is 0 Å². The molecule has 2 rings (SSSR count). The first kappa shape index (κ1) is 11.1. The maximum Gasteiger partial charge on any atom is 0.253 e. The Hall–Kier alpha value is -1.35. The van der Waals surface area contributed by atoms with Crippen LogP contribution in [0.2, 0.25) is 0 Å². The Bertz CT molecular complexity index is 350. The average molecular weight is 218 g/mol. The summed E-state index contributed by atoms with van der Waals surface area (Å²) in [5.41, 5.74) is 0.799. The zero-order chi connectivity index (χ0) is 11.4. The second-order valence-corrected chi connectivity index (χ2v) is 4.33. The van der Waals surface area contributed by atoms with E-state index in [-0.39, 0.29) is 5.91 Å². The third-order valence-electron chi connectivity index (χ3n) is 3.09. The molecule has 3 nitrogen and oxygen atoms in total. The summed E-state index contributed by atoms with van der Waals surface area (Å²) in [4.78, 5) is 14.1. The molecule has 1 aliphatic heterocycles. The molecule has 1 aromatic carbocycles. The number of hydrogen-bond donors (Lipinski definition) is 1. The van der Waals surface area contributed by atoms with E-state index < -0.39 is 0 Å². The van der Waals surface area contributed by atoms with Crippen LogP contribution >= 0.6 is 0 Å². The van der Waals surface area contributed by atoms with Crippen molar-refractivity contribution in [2.45, 2.75) is 6.42 Å². The Morgan fingerprint density at radius 3 is 2.88 bits per heavy atom. The van der Waals surface area contributed by atoms with E-state index in [2.05, 4.69) is 5.32 Å². The lowest BCUT2D eigenvalue weighted by molar-refractivity contribution is 0.0787. The van der Waals surface area contributed by atoms with Crippen LogP contribution in [0.3, 0.4) is 0 Å². The highest BCUT2D eigenvalue weighted by molar-refractivity contribution is 5.94. The third-order valence-corrected chi connectivity index (χ3v) is 3.09. The number of nitrogens with one attached hydrogen (secondary N) is 1. The van der Waals surface area contributed by atoms with Gasteiger partial charge in [0.1, 0.15) is 0 Å². The van der Waals surface area contributed by atoms with Crippen LogP contribution in [-0.4, -0.2) is 37.5 Å². The molecule has 0 radical (unpaired) electrons. The topological polar surface area (TPSA) is 32.3 Å². The standard InChI is InChI=1S/C13H18N2O/c1-14-9-11-7-8-15(10-11)13(16)12-5-3-2-4-6-12/h2-6,11,14H,7-10H2,1H3. The number of hydrogen-bond acceptors (Lipinski definition) is 2. The fourth-order valence-corrected chi connectivity index (χ4v) is 2.24. The van der Waals surface area contributed by atoms with Crippen LogP contribution < -0.4 is 5.32 Å². The smallest absolute Gasteiger partial charge is 0.253 e. The summed E-state index contributed by atoms with van der Waals surface area (Å²) in [5, 5.41) is 3.17. The first-order valence-corrected chi connectivity index (χ1v) is 5.80. The Balaban J connectivity index is 1.97. The van der Waals surface area contributed by atoms with E-state index in [1.165, 1.54) is 0 Å². The van der Waals surface area contributed by atoms with Crippen molar-refractivity contribution in [1.82, 2.24) is 10.2 Å². The second-order valence-electron chi connectivity index (χ2n) is 4.33. The van der Waals surface area contributed by atoms with E-state index in [9.17, 15) is 4.79 Å². The third kappa shape index (κ3) is 2.42. The summed E-state index contributed by atoms with van der Waals surface area (Å²) in [7, 11) is 1.96. The van der Waals surface area contributed by atoms with Gasteiger partial charge in [-0.2, -0.15) is 0 Å². The van der Waals surface area contributed by atoms with Gasteiger partial charge in [-0.15, -0.1) is 0 Å². The molecule has 86 valence electrons. The zero-order valence-electron chi connectivity index (χ0n) is 9.65. The first-order chi connectivity index (χ1) is 7.81. The molecule has 0 spiro atoms. The van der Waals surface area contributed by atoms with Gasteiger partial charge in [0, 0.05) is 18.7 Å². The molecule has 1 amide bonds. The zero-order valence-corrected chi connectivity index (χ0v) is 9.65. The van der Waals surface area contributed by atoms with Gasteiger partial charge in [-0.1, -0.05) is 18.2 Å². The SMILES string of the molecule is CNCC1CCN(C(=O)c2ccccc2)C1. The van der Waals surface area contributed by atoms with Crippen molar-refractivity contribution in [3.05, 3.63) is 35.9 Å². The molecule has 1 heterocycles. The average Bonchev–Trinajstić information content (AvgIpc) is 2.78. The van der Waals surface area contributed by atoms with Gasteiger partial charge in [-0.05, 0) is 38.1 Å².